The van der Waals surface area contributed by atoms with Crippen molar-refractivity contribution in [3.05, 3.63) is 48.0 Å². The summed E-state index contributed by atoms with van der Waals surface area (Å²) in [7, 11) is 3.20. The minimum Gasteiger partial charge on any atom is -0.466 e. The molecule has 1 aromatic rings. The number of hydrogen-bond donors (Lipinski definition) is 0. The Kier molecular flexibility index (Phi) is 3.62. The number of hydrogen-bond acceptors (Lipinski definition) is 3. The van der Waals surface area contributed by atoms with Crippen molar-refractivity contribution in [1.29, 1.82) is 0 Å². The Morgan fingerprint density at radius 3 is 2.67 bits per heavy atom. The molecular formula is C18H22O3. The third kappa shape index (κ3) is 1.95. The summed E-state index contributed by atoms with van der Waals surface area (Å²) < 4.78 is 10.8. The topological polar surface area (TPSA) is 35.5 Å². The molecule has 2 fully saturated rings. The summed E-state index contributed by atoms with van der Waals surface area (Å²) >= 11 is 0. The van der Waals surface area contributed by atoms with E-state index in [2.05, 4.69) is 24.3 Å². The molecule has 21 heavy (non-hydrogen) atoms. The lowest BCUT2D eigenvalue weighted by Gasteiger charge is -2.23. The van der Waals surface area contributed by atoms with Crippen molar-refractivity contribution >= 4 is 5.97 Å². The molecule has 0 aromatic heterocycles. The van der Waals surface area contributed by atoms with Crippen LogP contribution in [0.25, 0.3) is 0 Å². The Hall–Kier alpha value is -1.61. The lowest BCUT2D eigenvalue weighted by atomic mass is 9.86. The Morgan fingerprint density at radius 1 is 1.24 bits per heavy atom. The highest BCUT2D eigenvalue weighted by Gasteiger charge is 2.76. The molecule has 0 bridgehead atoms. The minimum absolute atomic E-state index is 0.0600. The molecule has 0 amide bonds. The molecule has 2 aliphatic rings. The Labute approximate surface area is 125 Å². The molecule has 0 N–H and O–H groups in total. The highest BCUT2D eigenvalue weighted by atomic mass is 16.5. The van der Waals surface area contributed by atoms with Gasteiger partial charge in [0, 0.05) is 24.5 Å². The van der Waals surface area contributed by atoms with E-state index < -0.39 is 0 Å². The molecule has 2 aliphatic carbocycles. The van der Waals surface area contributed by atoms with E-state index in [0.717, 1.165) is 12.8 Å². The third-order valence-corrected chi connectivity index (χ3v) is 5.30. The summed E-state index contributed by atoms with van der Waals surface area (Å²) in [6, 6.07) is 10.4. The molecule has 3 atom stereocenters. The van der Waals surface area contributed by atoms with Gasteiger partial charge < -0.3 is 9.47 Å². The van der Waals surface area contributed by atoms with Crippen molar-refractivity contribution in [2.24, 2.45) is 11.3 Å². The molecule has 0 spiro atoms. The Bertz CT molecular complexity index is 551. The zero-order valence-corrected chi connectivity index (χ0v) is 12.7. The number of ether oxygens (including phenoxy) is 2. The summed E-state index contributed by atoms with van der Waals surface area (Å²) in [5, 5.41) is 0. The Morgan fingerprint density at radius 2 is 2.00 bits per heavy atom. The van der Waals surface area contributed by atoms with E-state index >= 15 is 0 Å². The van der Waals surface area contributed by atoms with Crippen LogP contribution in [0.1, 0.15) is 31.2 Å². The van der Waals surface area contributed by atoms with Crippen LogP contribution in [0, 0.1) is 11.3 Å². The number of rotatable bonds is 4. The zero-order chi connectivity index (χ0) is 14.9. The quantitative estimate of drug-likeness (QED) is 0.628. The van der Waals surface area contributed by atoms with E-state index in [1.165, 1.54) is 25.5 Å². The number of methoxy groups -OCH3 is 2. The van der Waals surface area contributed by atoms with Crippen molar-refractivity contribution in [3.8, 4) is 0 Å². The van der Waals surface area contributed by atoms with Crippen molar-refractivity contribution in [2.45, 2.75) is 31.3 Å². The van der Waals surface area contributed by atoms with E-state index in [4.69, 9.17) is 9.47 Å². The first-order chi connectivity index (χ1) is 10.2. The summed E-state index contributed by atoms with van der Waals surface area (Å²) in [6.45, 7) is 0. The molecule has 3 heteroatoms. The standard InChI is InChI=1S/C18H22O3/c1-20-16(19)11-13-17-12-7-6-10-15(17)18(17,21-2)14-8-4-3-5-9-14/h3-5,8-9,11,13,15H,6-7,10,12H2,1-2H3/b13-11-/t15-,17-,18-/m0/s1. The second-order valence-corrected chi connectivity index (χ2v) is 6.00. The molecule has 0 aliphatic heterocycles. The van der Waals surface area contributed by atoms with Crippen LogP contribution in [0.4, 0.5) is 0 Å². The predicted molar refractivity (Wildman–Crippen MR) is 80.7 cm³/mol. The minimum atomic E-state index is -0.293. The van der Waals surface area contributed by atoms with Crippen molar-refractivity contribution in [1.82, 2.24) is 0 Å². The molecule has 0 heterocycles. The van der Waals surface area contributed by atoms with Gasteiger partial charge in [-0.15, -0.1) is 0 Å². The maximum Gasteiger partial charge on any atom is 0.330 e. The SMILES string of the molecule is COC(=O)/C=C\[C@@]12CCCC[C@@H]1[C@@]2(OC)c1ccccc1. The van der Waals surface area contributed by atoms with E-state index in [-0.39, 0.29) is 17.0 Å². The van der Waals surface area contributed by atoms with Gasteiger partial charge in [-0.1, -0.05) is 49.2 Å². The third-order valence-electron chi connectivity index (χ3n) is 5.30. The van der Waals surface area contributed by atoms with Gasteiger partial charge in [-0.25, -0.2) is 4.79 Å². The number of carbonyl (C=O) groups excluding carboxylic acids is 1. The Balaban J connectivity index is 2.01. The van der Waals surface area contributed by atoms with Crippen LogP contribution in [-0.2, 0) is 19.9 Å². The molecule has 3 nitrogen and oxygen atoms in total. The number of fused-ring (bicyclic) bond motifs is 1. The lowest BCUT2D eigenvalue weighted by molar-refractivity contribution is -0.134. The summed E-state index contributed by atoms with van der Waals surface area (Å²) in [5.74, 6) is 0.158. The van der Waals surface area contributed by atoms with Gasteiger partial charge in [0.2, 0.25) is 0 Å². The van der Waals surface area contributed by atoms with Crippen LogP contribution in [0.3, 0.4) is 0 Å². The average Bonchev–Trinajstić information content (AvgIpc) is 3.17. The van der Waals surface area contributed by atoms with Gasteiger partial charge in [0.05, 0.1) is 7.11 Å². The zero-order valence-electron chi connectivity index (χ0n) is 12.7. The average molecular weight is 286 g/mol. The van der Waals surface area contributed by atoms with Crippen molar-refractivity contribution in [3.63, 3.8) is 0 Å². The number of benzene rings is 1. The predicted octanol–water partition coefficient (Wildman–Crippen LogP) is 3.45. The second kappa shape index (κ2) is 5.30. The van der Waals surface area contributed by atoms with Crippen LogP contribution in [0.15, 0.2) is 42.5 Å². The number of esters is 1. The summed E-state index contributed by atoms with van der Waals surface area (Å²) in [4.78, 5) is 11.5. The summed E-state index contributed by atoms with van der Waals surface area (Å²) in [6.07, 6.45) is 8.24. The highest BCUT2D eigenvalue weighted by molar-refractivity contribution is 5.82. The lowest BCUT2D eigenvalue weighted by Crippen LogP contribution is -2.20. The highest BCUT2D eigenvalue weighted by Crippen LogP contribution is 2.76. The van der Waals surface area contributed by atoms with Gasteiger partial charge in [-0.2, -0.15) is 0 Å². The molecule has 1 aromatic carbocycles. The van der Waals surface area contributed by atoms with Crippen LogP contribution < -0.4 is 0 Å². The van der Waals surface area contributed by atoms with Crippen molar-refractivity contribution < 1.29 is 14.3 Å². The molecule has 112 valence electrons. The van der Waals surface area contributed by atoms with E-state index in [1.807, 2.05) is 12.1 Å². The molecule has 2 saturated carbocycles. The van der Waals surface area contributed by atoms with Gasteiger partial charge in [0.25, 0.3) is 0 Å². The van der Waals surface area contributed by atoms with Gasteiger partial charge in [0.15, 0.2) is 0 Å². The molecule has 0 saturated heterocycles. The van der Waals surface area contributed by atoms with Crippen LogP contribution in [0.2, 0.25) is 0 Å². The fraction of sp³-hybridized carbons (Fsp3) is 0.500. The maximum absolute atomic E-state index is 11.5. The first-order valence-electron chi connectivity index (χ1n) is 7.59. The van der Waals surface area contributed by atoms with Crippen LogP contribution in [0.5, 0.6) is 0 Å². The van der Waals surface area contributed by atoms with Gasteiger partial charge in [-0.3, -0.25) is 0 Å². The summed E-state index contributed by atoms with van der Waals surface area (Å²) in [5.41, 5.74) is 0.874. The normalized spacial score (nSPS) is 34.5. The van der Waals surface area contributed by atoms with E-state index in [9.17, 15) is 4.79 Å². The molecule has 3 rings (SSSR count). The van der Waals surface area contributed by atoms with Gasteiger partial charge in [0.1, 0.15) is 5.60 Å². The van der Waals surface area contributed by atoms with Crippen LogP contribution >= 0.6 is 0 Å². The second-order valence-electron chi connectivity index (χ2n) is 6.00. The van der Waals surface area contributed by atoms with E-state index in [1.54, 1.807) is 13.2 Å². The monoisotopic (exact) mass is 286 g/mol. The molecular weight excluding hydrogens is 264 g/mol. The first-order valence-corrected chi connectivity index (χ1v) is 7.59. The van der Waals surface area contributed by atoms with Crippen LogP contribution in [-0.4, -0.2) is 20.2 Å². The van der Waals surface area contributed by atoms with Crippen molar-refractivity contribution in [2.75, 3.05) is 14.2 Å². The maximum atomic E-state index is 11.5. The fourth-order valence-corrected chi connectivity index (χ4v) is 4.41. The fourth-order valence-electron chi connectivity index (χ4n) is 4.41. The smallest absolute Gasteiger partial charge is 0.330 e. The largest absolute Gasteiger partial charge is 0.466 e. The first kappa shape index (κ1) is 14.3. The molecule has 0 radical (unpaired) electrons. The van der Waals surface area contributed by atoms with E-state index in [0.29, 0.717) is 5.92 Å². The number of carbonyl (C=O) groups is 1. The molecule has 0 unspecified atom stereocenters. The van der Waals surface area contributed by atoms with Gasteiger partial charge in [-0.05, 0) is 18.4 Å². The van der Waals surface area contributed by atoms with Gasteiger partial charge >= 0.3 is 5.97 Å².